The van der Waals surface area contributed by atoms with Gasteiger partial charge in [0.25, 0.3) is 5.91 Å². The van der Waals surface area contributed by atoms with Crippen LogP contribution in [-0.4, -0.2) is 42.6 Å². The van der Waals surface area contributed by atoms with Gasteiger partial charge in [-0.3, -0.25) is 4.79 Å². The van der Waals surface area contributed by atoms with Gasteiger partial charge in [0.2, 0.25) is 0 Å². The topological polar surface area (TPSA) is 55.8 Å². The third kappa shape index (κ3) is 2.13. The molecule has 0 aliphatic carbocycles. The van der Waals surface area contributed by atoms with Gasteiger partial charge in [-0.25, -0.2) is 4.79 Å². The lowest BCUT2D eigenvalue weighted by Gasteiger charge is -2.25. The first kappa shape index (κ1) is 13.0. The van der Waals surface area contributed by atoms with Crippen LogP contribution in [0.15, 0.2) is 24.3 Å². The number of esters is 1. The number of hydrogen-bond donors (Lipinski definition) is 0. The number of methoxy groups -OCH3 is 1. The van der Waals surface area contributed by atoms with Gasteiger partial charge in [0.05, 0.1) is 7.11 Å². The van der Waals surface area contributed by atoms with Crippen LogP contribution in [0.4, 0.5) is 0 Å². The Morgan fingerprint density at radius 3 is 2.90 bits per heavy atom. The van der Waals surface area contributed by atoms with Crippen molar-refractivity contribution in [3.8, 4) is 5.75 Å². The van der Waals surface area contributed by atoms with Gasteiger partial charge in [-0.15, -0.1) is 0 Å². The van der Waals surface area contributed by atoms with Crippen LogP contribution in [-0.2, 0) is 20.7 Å². The third-order valence-electron chi connectivity index (χ3n) is 3.93. The molecule has 2 aliphatic heterocycles. The fraction of sp³-hybridized carbons (Fsp3) is 0.467. The number of carbonyl (C=O) groups is 2. The fourth-order valence-corrected chi connectivity index (χ4v) is 2.92. The molecule has 0 N–H and O–H groups in total. The van der Waals surface area contributed by atoms with Gasteiger partial charge >= 0.3 is 5.97 Å². The predicted octanol–water partition coefficient (Wildman–Crippen LogP) is 1.15. The molecule has 1 aromatic rings. The molecule has 2 aliphatic rings. The predicted molar refractivity (Wildman–Crippen MR) is 71.3 cm³/mol. The van der Waals surface area contributed by atoms with E-state index < -0.39 is 12.1 Å². The summed E-state index contributed by atoms with van der Waals surface area (Å²) in [7, 11) is 1.35. The molecule has 1 amide bonds. The average Bonchev–Trinajstić information content (AvgIpc) is 3.11. The van der Waals surface area contributed by atoms with E-state index in [0.29, 0.717) is 19.4 Å². The van der Waals surface area contributed by atoms with Gasteiger partial charge in [0.15, 0.2) is 6.10 Å². The Morgan fingerprint density at radius 1 is 1.35 bits per heavy atom. The molecule has 2 atom stereocenters. The lowest BCUT2D eigenvalue weighted by molar-refractivity contribution is -0.153. The molecule has 0 spiro atoms. The molecule has 0 aromatic heterocycles. The molecule has 5 heteroatoms. The van der Waals surface area contributed by atoms with Crippen molar-refractivity contribution in [3.63, 3.8) is 0 Å². The largest absolute Gasteiger partial charge is 0.480 e. The quantitative estimate of drug-likeness (QED) is 0.760. The molecule has 1 aromatic carbocycles. The highest BCUT2D eigenvalue weighted by molar-refractivity contribution is 5.88. The Kier molecular flexibility index (Phi) is 3.34. The number of ether oxygens (including phenoxy) is 2. The van der Waals surface area contributed by atoms with Crippen LogP contribution < -0.4 is 4.74 Å². The van der Waals surface area contributed by atoms with E-state index in [4.69, 9.17) is 9.47 Å². The smallest absolute Gasteiger partial charge is 0.328 e. The van der Waals surface area contributed by atoms with E-state index >= 15 is 0 Å². The van der Waals surface area contributed by atoms with E-state index in [9.17, 15) is 9.59 Å². The highest BCUT2D eigenvalue weighted by atomic mass is 16.5. The minimum Gasteiger partial charge on any atom is -0.480 e. The summed E-state index contributed by atoms with van der Waals surface area (Å²) in [4.78, 5) is 25.8. The monoisotopic (exact) mass is 275 g/mol. The van der Waals surface area contributed by atoms with Gasteiger partial charge in [0, 0.05) is 13.0 Å². The number of hydrogen-bond acceptors (Lipinski definition) is 4. The highest BCUT2D eigenvalue weighted by Gasteiger charge is 2.40. The first-order valence-corrected chi connectivity index (χ1v) is 6.83. The second-order valence-corrected chi connectivity index (χ2v) is 5.13. The van der Waals surface area contributed by atoms with Crippen molar-refractivity contribution < 1.29 is 19.1 Å². The molecule has 2 unspecified atom stereocenters. The summed E-state index contributed by atoms with van der Waals surface area (Å²) in [6.45, 7) is 0.592. The van der Waals surface area contributed by atoms with Crippen LogP contribution in [0.1, 0.15) is 18.4 Å². The van der Waals surface area contributed by atoms with Crippen molar-refractivity contribution in [1.82, 2.24) is 4.90 Å². The van der Waals surface area contributed by atoms with Gasteiger partial charge in [-0.2, -0.15) is 0 Å². The zero-order chi connectivity index (χ0) is 14.1. The van der Waals surface area contributed by atoms with Gasteiger partial charge in [-0.05, 0) is 24.5 Å². The number of rotatable bonds is 2. The summed E-state index contributed by atoms with van der Waals surface area (Å²) >= 11 is 0. The lowest BCUT2D eigenvalue weighted by atomic mass is 10.1. The van der Waals surface area contributed by atoms with Crippen molar-refractivity contribution in [1.29, 1.82) is 0 Å². The lowest BCUT2D eigenvalue weighted by Crippen LogP contribution is -2.47. The minimum atomic E-state index is -0.516. The SMILES string of the molecule is COC(=O)C1CCCN1C(=O)C1Cc2ccccc2O1. The summed E-state index contributed by atoms with van der Waals surface area (Å²) in [5.74, 6) is 0.306. The first-order chi connectivity index (χ1) is 9.70. The maximum Gasteiger partial charge on any atom is 0.328 e. The van der Waals surface area contributed by atoms with Crippen LogP contribution in [0.2, 0.25) is 0 Å². The molecule has 106 valence electrons. The molecule has 3 rings (SSSR count). The Hall–Kier alpha value is -2.04. The van der Waals surface area contributed by atoms with E-state index in [1.54, 1.807) is 4.90 Å². The Morgan fingerprint density at radius 2 is 2.15 bits per heavy atom. The Bertz CT molecular complexity index is 517. The molecule has 2 heterocycles. The van der Waals surface area contributed by atoms with Crippen molar-refractivity contribution in [3.05, 3.63) is 29.8 Å². The van der Waals surface area contributed by atoms with Gasteiger partial charge in [0.1, 0.15) is 11.8 Å². The number of benzene rings is 1. The molecule has 0 bridgehead atoms. The number of carbonyl (C=O) groups excluding carboxylic acids is 2. The van der Waals surface area contributed by atoms with Crippen molar-refractivity contribution >= 4 is 11.9 Å². The summed E-state index contributed by atoms with van der Waals surface area (Å²) in [5, 5.41) is 0. The number of amides is 1. The maximum absolute atomic E-state index is 12.5. The number of para-hydroxylation sites is 1. The van der Waals surface area contributed by atoms with Crippen molar-refractivity contribution in [2.24, 2.45) is 0 Å². The van der Waals surface area contributed by atoms with Crippen LogP contribution >= 0.6 is 0 Å². The summed E-state index contributed by atoms with van der Waals surface area (Å²) in [6, 6.07) is 7.19. The summed E-state index contributed by atoms with van der Waals surface area (Å²) in [6.07, 6.45) is 1.54. The van der Waals surface area contributed by atoms with Crippen LogP contribution in [0.3, 0.4) is 0 Å². The van der Waals surface area contributed by atoms with Crippen molar-refractivity contribution in [2.45, 2.75) is 31.4 Å². The van der Waals surface area contributed by atoms with Crippen LogP contribution in [0.5, 0.6) is 5.75 Å². The molecule has 1 saturated heterocycles. The number of nitrogens with zero attached hydrogens (tertiary/aromatic N) is 1. The molecule has 1 fully saturated rings. The maximum atomic E-state index is 12.5. The van der Waals surface area contributed by atoms with Gasteiger partial charge < -0.3 is 14.4 Å². The Labute approximate surface area is 117 Å². The normalized spacial score (nSPS) is 24.1. The minimum absolute atomic E-state index is 0.117. The molecule has 5 nitrogen and oxygen atoms in total. The standard InChI is InChI=1S/C15H17NO4/c1-19-15(18)11-6-4-8-16(11)14(17)13-9-10-5-2-3-7-12(10)20-13/h2-3,5,7,11,13H,4,6,8-9H2,1H3. The van der Waals surface area contributed by atoms with Crippen molar-refractivity contribution in [2.75, 3.05) is 13.7 Å². The van der Waals surface area contributed by atoms with E-state index in [1.807, 2.05) is 24.3 Å². The molecule has 20 heavy (non-hydrogen) atoms. The highest BCUT2D eigenvalue weighted by Crippen LogP contribution is 2.30. The van der Waals surface area contributed by atoms with E-state index in [0.717, 1.165) is 17.7 Å². The van der Waals surface area contributed by atoms with E-state index in [-0.39, 0.29) is 11.9 Å². The summed E-state index contributed by atoms with van der Waals surface area (Å²) in [5.41, 5.74) is 1.04. The molecular formula is C15H17NO4. The third-order valence-corrected chi connectivity index (χ3v) is 3.93. The number of likely N-dealkylation sites (tertiary alicyclic amines) is 1. The molecule has 0 radical (unpaired) electrons. The van der Waals surface area contributed by atoms with E-state index in [2.05, 4.69) is 0 Å². The second kappa shape index (κ2) is 5.15. The first-order valence-electron chi connectivity index (χ1n) is 6.83. The zero-order valence-corrected chi connectivity index (χ0v) is 11.4. The number of fused-ring (bicyclic) bond motifs is 1. The molecular weight excluding hydrogens is 258 g/mol. The van der Waals surface area contributed by atoms with Crippen LogP contribution in [0, 0.1) is 0 Å². The van der Waals surface area contributed by atoms with Gasteiger partial charge in [-0.1, -0.05) is 18.2 Å². The second-order valence-electron chi connectivity index (χ2n) is 5.13. The van der Waals surface area contributed by atoms with Crippen LogP contribution in [0.25, 0.3) is 0 Å². The Balaban J connectivity index is 1.73. The zero-order valence-electron chi connectivity index (χ0n) is 11.4. The average molecular weight is 275 g/mol. The van der Waals surface area contributed by atoms with E-state index in [1.165, 1.54) is 7.11 Å². The fourth-order valence-electron chi connectivity index (χ4n) is 2.92. The summed E-state index contributed by atoms with van der Waals surface area (Å²) < 4.78 is 10.5. The molecule has 0 saturated carbocycles.